The Bertz CT molecular complexity index is 953. The van der Waals surface area contributed by atoms with E-state index in [1.165, 1.54) is 0 Å². The molecule has 0 aromatic heterocycles. The lowest BCUT2D eigenvalue weighted by atomic mass is 10.1. The summed E-state index contributed by atoms with van der Waals surface area (Å²) >= 11 is 3.51. The number of halogens is 1. The monoisotopic (exact) mass is 492 g/mol. The Kier molecular flexibility index (Phi) is 8.08. The first-order chi connectivity index (χ1) is 14.4. The van der Waals surface area contributed by atoms with Gasteiger partial charge in [-0.15, -0.1) is 0 Å². The second-order valence-electron chi connectivity index (χ2n) is 7.80. The van der Waals surface area contributed by atoms with E-state index in [1.54, 1.807) is 28.4 Å². The highest BCUT2D eigenvalue weighted by atomic mass is 79.9. The smallest absolute Gasteiger partial charge is 0.243 e. The van der Waals surface area contributed by atoms with Crippen molar-refractivity contribution in [2.45, 2.75) is 50.0 Å². The minimum absolute atomic E-state index is 0.0621. The molecule has 0 N–H and O–H groups in total. The molecule has 30 heavy (non-hydrogen) atoms. The Morgan fingerprint density at radius 3 is 2.27 bits per heavy atom. The molecule has 0 bridgehead atoms. The topological polar surface area (TPSA) is 57.7 Å². The molecule has 162 valence electrons. The van der Waals surface area contributed by atoms with Crippen LogP contribution >= 0.6 is 15.9 Å². The summed E-state index contributed by atoms with van der Waals surface area (Å²) in [5.74, 6) is 0.0621. The molecule has 1 fully saturated rings. The van der Waals surface area contributed by atoms with E-state index < -0.39 is 10.0 Å². The van der Waals surface area contributed by atoms with Crippen LogP contribution in [0, 0.1) is 0 Å². The fourth-order valence-corrected chi connectivity index (χ4v) is 5.60. The molecule has 0 radical (unpaired) electrons. The van der Waals surface area contributed by atoms with Crippen molar-refractivity contribution in [3.05, 3.63) is 64.1 Å². The first kappa shape index (κ1) is 23.0. The highest BCUT2D eigenvalue weighted by Gasteiger charge is 2.24. The summed E-state index contributed by atoms with van der Waals surface area (Å²) in [6, 6.07) is 14.9. The Morgan fingerprint density at radius 2 is 1.63 bits per heavy atom. The predicted molar refractivity (Wildman–Crippen MR) is 123 cm³/mol. The Labute approximate surface area is 188 Å². The third kappa shape index (κ3) is 5.93. The van der Waals surface area contributed by atoms with Crippen LogP contribution in [-0.4, -0.2) is 43.7 Å². The molecule has 0 atom stereocenters. The quantitative estimate of drug-likeness (QED) is 0.567. The van der Waals surface area contributed by atoms with E-state index in [-0.39, 0.29) is 5.91 Å². The number of hydrogen-bond acceptors (Lipinski definition) is 3. The number of nitrogens with zero attached hydrogens (tertiary/aromatic N) is 2. The van der Waals surface area contributed by atoms with E-state index in [9.17, 15) is 13.2 Å². The standard InChI is InChI=1S/C23H29BrN2O3S/c1-25(18-20-8-4-5-9-22(20)24)23(27)15-12-19-10-13-21(14-11-19)30(28,29)26-16-6-2-3-7-17-26/h4-5,8-11,13-14H,2-3,6-7,12,15-18H2,1H3. The van der Waals surface area contributed by atoms with E-state index in [2.05, 4.69) is 15.9 Å². The summed E-state index contributed by atoms with van der Waals surface area (Å²) in [6.07, 6.45) is 5.00. The molecule has 0 saturated carbocycles. The first-order valence-electron chi connectivity index (χ1n) is 10.4. The maximum Gasteiger partial charge on any atom is 0.243 e. The van der Waals surface area contributed by atoms with E-state index in [0.717, 1.165) is 41.3 Å². The first-order valence-corrected chi connectivity index (χ1v) is 12.7. The molecule has 1 amide bonds. The lowest BCUT2D eigenvalue weighted by Gasteiger charge is -2.20. The van der Waals surface area contributed by atoms with Crippen molar-refractivity contribution in [1.29, 1.82) is 0 Å². The number of hydrogen-bond donors (Lipinski definition) is 0. The van der Waals surface area contributed by atoms with Gasteiger partial charge in [0.25, 0.3) is 0 Å². The molecule has 0 spiro atoms. The van der Waals surface area contributed by atoms with Crippen LogP contribution in [0.3, 0.4) is 0 Å². The summed E-state index contributed by atoms with van der Waals surface area (Å²) in [5, 5.41) is 0. The highest BCUT2D eigenvalue weighted by molar-refractivity contribution is 9.10. The zero-order chi connectivity index (χ0) is 21.6. The van der Waals surface area contributed by atoms with E-state index in [4.69, 9.17) is 0 Å². The average Bonchev–Trinajstić information content (AvgIpc) is 3.04. The van der Waals surface area contributed by atoms with Crippen LogP contribution in [0.15, 0.2) is 57.9 Å². The molecule has 7 heteroatoms. The Morgan fingerprint density at radius 1 is 1.00 bits per heavy atom. The predicted octanol–water partition coefficient (Wildman–Crippen LogP) is 4.61. The molecule has 2 aromatic carbocycles. The second-order valence-corrected chi connectivity index (χ2v) is 10.6. The van der Waals surface area contributed by atoms with Crippen molar-refractivity contribution in [1.82, 2.24) is 9.21 Å². The maximum absolute atomic E-state index is 12.9. The van der Waals surface area contributed by atoms with Crippen molar-refractivity contribution < 1.29 is 13.2 Å². The van der Waals surface area contributed by atoms with Gasteiger partial charge in [-0.25, -0.2) is 8.42 Å². The average molecular weight is 493 g/mol. The zero-order valence-corrected chi connectivity index (χ0v) is 19.8. The molecular weight excluding hydrogens is 464 g/mol. The number of carbonyl (C=O) groups excluding carboxylic acids is 1. The summed E-state index contributed by atoms with van der Waals surface area (Å²) in [4.78, 5) is 14.6. The molecular formula is C23H29BrN2O3S. The van der Waals surface area contributed by atoms with Gasteiger partial charge in [0, 0.05) is 37.6 Å². The Hall–Kier alpha value is -1.70. The number of rotatable bonds is 7. The summed E-state index contributed by atoms with van der Waals surface area (Å²) in [6.45, 7) is 1.75. The van der Waals surface area contributed by atoms with Crippen molar-refractivity contribution >= 4 is 31.9 Å². The Balaban J connectivity index is 1.56. The minimum atomic E-state index is -3.43. The highest BCUT2D eigenvalue weighted by Crippen LogP contribution is 2.21. The van der Waals surface area contributed by atoms with Crippen LogP contribution < -0.4 is 0 Å². The van der Waals surface area contributed by atoms with E-state index in [1.807, 2.05) is 36.4 Å². The number of sulfonamides is 1. The van der Waals surface area contributed by atoms with Crippen molar-refractivity contribution in [2.75, 3.05) is 20.1 Å². The molecule has 1 aliphatic rings. The molecule has 1 saturated heterocycles. The van der Waals surface area contributed by atoms with Gasteiger partial charge in [-0.3, -0.25) is 4.79 Å². The fourth-order valence-electron chi connectivity index (χ4n) is 3.67. The normalized spacial score (nSPS) is 15.5. The molecule has 1 heterocycles. The van der Waals surface area contributed by atoms with Crippen LogP contribution in [-0.2, 0) is 27.8 Å². The van der Waals surface area contributed by atoms with Crippen molar-refractivity contribution in [3.63, 3.8) is 0 Å². The van der Waals surface area contributed by atoms with Gasteiger partial charge >= 0.3 is 0 Å². The molecule has 0 unspecified atom stereocenters. The van der Waals surface area contributed by atoms with Crippen LogP contribution in [0.25, 0.3) is 0 Å². The largest absolute Gasteiger partial charge is 0.341 e. The van der Waals surface area contributed by atoms with Gasteiger partial charge in [-0.2, -0.15) is 4.31 Å². The number of carbonyl (C=O) groups is 1. The SMILES string of the molecule is CN(Cc1ccccc1Br)C(=O)CCc1ccc(S(=O)(=O)N2CCCCCC2)cc1. The van der Waals surface area contributed by atoms with Crippen LogP contribution in [0.4, 0.5) is 0 Å². The van der Waals surface area contributed by atoms with Crippen LogP contribution in [0.5, 0.6) is 0 Å². The van der Waals surface area contributed by atoms with Gasteiger partial charge in [0.1, 0.15) is 0 Å². The zero-order valence-electron chi connectivity index (χ0n) is 17.4. The third-order valence-electron chi connectivity index (χ3n) is 5.54. The minimum Gasteiger partial charge on any atom is -0.341 e. The number of benzene rings is 2. The lowest BCUT2D eigenvalue weighted by molar-refractivity contribution is -0.130. The van der Waals surface area contributed by atoms with Crippen LogP contribution in [0.1, 0.15) is 43.2 Å². The lowest BCUT2D eigenvalue weighted by Crippen LogP contribution is -2.31. The molecule has 2 aromatic rings. The number of aryl methyl sites for hydroxylation is 1. The summed E-state index contributed by atoms with van der Waals surface area (Å²) in [7, 11) is -1.63. The van der Waals surface area contributed by atoms with Crippen LogP contribution in [0.2, 0.25) is 0 Å². The maximum atomic E-state index is 12.9. The number of amides is 1. The van der Waals surface area contributed by atoms with Gasteiger partial charge in [-0.1, -0.05) is 59.1 Å². The summed E-state index contributed by atoms with van der Waals surface area (Å²) < 4.78 is 28.3. The third-order valence-corrected chi connectivity index (χ3v) is 8.23. The van der Waals surface area contributed by atoms with Gasteiger partial charge in [0.05, 0.1) is 4.90 Å². The molecule has 3 rings (SSSR count). The molecule has 5 nitrogen and oxygen atoms in total. The fraction of sp³-hybridized carbons (Fsp3) is 0.435. The van der Waals surface area contributed by atoms with Gasteiger partial charge in [0.2, 0.25) is 15.9 Å². The summed E-state index contributed by atoms with van der Waals surface area (Å²) in [5.41, 5.74) is 2.03. The van der Waals surface area contributed by atoms with E-state index >= 15 is 0 Å². The van der Waals surface area contributed by atoms with E-state index in [0.29, 0.717) is 37.4 Å². The van der Waals surface area contributed by atoms with Crippen molar-refractivity contribution in [2.24, 2.45) is 0 Å². The molecule has 0 aliphatic carbocycles. The van der Waals surface area contributed by atoms with Gasteiger partial charge < -0.3 is 4.90 Å². The van der Waals surface area contributed by atoms with Gasteiger partial charge in [-0.05, 0) is 48.6 Å². The molecule has 1 aliphatic heterocycles. The van der Waals surface area contributed by atoms with Crippen molar-refractivity contribution in [3.8, 4) is 0 Å². The van der Waals surface area contributed by atoms with Gasteiger partial charge in [0.15, 0.2) is 0 Å². The second kappa shape index (κ2) is 10.6.